The van der Waals surface area contributed by atoms with E-state index in [0.717, 1.165) is 24.3 Å². The first kappa shape index (κ1) is 20.6. The first-order chi connectivity index (χ1) is 13.0. The van der Waals surface area contributed by atoms with Gasteiger partial charge in [-0.05, 0) is 31.2 Å². The second kappa shape index (κ2) is 7.33. The van der Waals surface area contributed by atoms with Gasteiger partial charge in [-0.2, -0.15) is 17.5 Å². The van der Waals surface area contributed by atoms with Crippen LogP contribution in [-0.2, 0) is 16.2 Å². The third kappa shape index (κ3) is 3.98. The zero-order valence-corrected chi connectivity index (χ0v) is 16.2. The van der Waals surface area contributed by atoms with Gasteiger partial charge in [-0.3, -0.25) is 9.59 Å². The van der Waals surface area contributed by atoms with Crippen LogP contribution in [0.25, 0.3) is 0 Å². The number of sulfonamides is 1. The van der Waals surface area contributed by atoms with Gasteiger partial charge in [0.15, 0.2) is 4.21 Å². The number of H-pyrrole nitrogens is 1. The van der Waals surface area contributed by atoms with Crippen molar-refractivity contribution in [2.24, 2.45) is 0 Å². The summed E-state index contributed by atoms with van der Waals surface area (Å²) in [6, 6.07) is 3.89. The summed E-state index contributed by atoms with van der Waals surface area (Å²) in [4.78, 5) is 27.2. The van der Waals surface area contributed by atoms with E-state index in [0.29, 0.717) is 11.3 Å². The molecule has 2 heterocycles. The minimum absolute atomic E-state index is 0.0280. The van der Waals surface area contributed by atoms with Crippen molar-refractivity contribution in [3.63, 3.8) is 0 Å². The quantitative estimate of drug-likeness (QED) is 0.798. The number of nitrogens with one attached hydrogen (secondary N) is 1. The number of aromatic amines is 1. The van der Waals surface area contributed by atoms with Crippen molar-refractivity contribution in [1.82, 2.24) is 14.2 Å². The lowest BCUT2D eigenvalue weighted by atomic mass is 10.1. The maximum absolute atomic E-state index is 12.7. The largest absolute Gasteiger partial charge is 0.416 e. The van der Waals surface area contributed by atoms with Gasteiger partial charge in [-0.1, -0.05) is 11.3 Å². The molecule has 0 radical (unpaired) electrons. The van der Waals surface area contributed by atoms with Gasteiger partial charge in [0.25, 0.3) is 15.9 Å². The van der Waals surface area contributed by atoms with Gasteiger partial charge in [-0.25, -0.2) is 8.42 Å². The molecule has 28 heavy (non-hydrogen) atoms. The highest BCUT2D eigenvalue weighted by atomic mass is 32.2. The molecule has 7 nitrogen and oxygen atoms in total. The number of amides is 1. The van der Waals surface area contributed by atoms with Gasteiger partial charge in [0, 0.05) is 37.4 Å². The van der Waals surface area contributed by atoms with Crippen LogP contribution < -0.4 is 4.87 Å². The number of halogens is 3. The number of carbonyl (C=O) groups is 1. The third-order valence-electron chi connectivity index (χ3n) is 4.34. The number of piperazine rings is 1. The van der Waals surface area contributed by atoms with Gasteiger partial charge in [0.2, 0.25) is 0 Å². The summed E-state index contributed by atoms with van der Waals surface area (Å²) in [5, 5.41) is 0. The van der Waals surface area contributed by atoms with Crippen molar-refractivity contribution in [2.75, 3.05) is 26.2 Å². The molecule has 1 aromatic carbocycles. The summed E-state index contributed by atoms with van der Waals surface area (Å²) < 4.78 is 64.3. The van der Waals surface area contributed by atoms with Crippen LogP contribution in [0.4, 0.5) is 13.2 Å². The molecule has 1 saturated heterocycles. The molecule has 1 fully saturated rings. The van der Waals surface area contributed by atoms with Crippen LogP contribution in [-0.4, -0.2) is 54.7 Å². The SMILES string of the molecule is Cc1[nH]c(=O)sc1S(=O)(=O)N1CCN(C(=O)c2ccc(C(F)(F)F)cc2)CC1. The highest BCUT2D eigenvalue weighted by Gasteiger charge is 2.33. The van der Waals surface area contributed by atoms with E-state index in [4.69, 9.17) is 0 Å². The molecule has 1 aliphatic heterocycles. The molecule has 0 bridgehead atoms. The van der Waals surface area contributed by atoms with Crippen molar-refractivity contribution in [3.05, 3.63) is 50.8 Å². The molecule has 1 aliphatic rings. The molecule has 0 aliphatic carbocycles. The van der Waals surface area contributed by atoms with Gasteiger partial charge in [0.05, 0.1) is 5.56 Å². The number of alkyl halides is 3. The molecular formula is C16H16F3N3O4S2. The van der Waals surface area contributed by atoms with Crippen molar-refractivity contribution in [2.45, 2.75) is 17.3 Å². The van der Waals surface area contributed by atoms with Crippen molar-refractivity contribution >= 4 is 27.3 Å². The molecule has 0 saturated carbocycles. The van der Waals surface area contributed by atoms with E-state index in [2.05, 4.69) is 4.98 Å². The number of benzene rings is 1. The fourth-order valence-corrected chi connectivity index (χ4v) is 5.73. The standard InChI is InChI=1S/C16H16F3N3O4S2/c1-10-14(27-15(24)20-10)28(25,26)22-8-6-21(7-9-22)13(23)11-2-4-12(5-3-11)16(17,18)19/h2-5H,6-9H2,1H3,(H,20,24). The van der Waals surface area contributed by atoms with Crippen LogP contribution in [0.1, 0.15) is 21.6 Å². The highest BCUT2D eigenvalue weighted by Crippen LogP contribution is 2.29. The van der Waals surface area contributed by atoms with Crippen molar-refractivity contribution in [3.8, 4) is 0 Å². The fourth-order valence-electron chi connectivity index (χ4n) is 2.87. The predicted octanol–water partition coefficient (Wildman–Crippen LogP) is 1.91. The molecule has 12 heteroatoms. The summed E-state index contributed by atoms with van der Waals surface area (Å²) in [7, 11) is -3.85. The normalized spacial score (nSPS) is 16.4. The van der Waals surface area contributed by atoms with E-state index in [1.54, 1.807) is 0 Å². The number of aryl methyl sites for hydroxylation is 1. The summed E-state index contributed by atoms with van der Waals surface area (Å²) in [5.41, 5.74) is -0.483. The summed E-state index contributed by atoms with van der Waals surface area (Å²) in [5.74, 6) is -0.465. The van der Waals surface area contributed by atoms with Gasteiger partial charge < -0.3 is 9.88 Å². The second-order valence-electron chi connectivity index (χ2n) is 6.20. The number of aromatic nitrogens is 1. The number of carbonyl (C=O) groups excluding carboxylic acids is 1. The first-order valence-corrected chi connectivity index (χ1v) is 10.4. The lowest BCUT2D eigenvalue weighted by Gasteiger charge is -2.33. The number of rotatable bonds is 3. The topological polar surface area (TPSA) is 90.5 Å². The van der Waals surface area contributed by atoms with Crippen LogP contribution >= 0.6 is 11.3 Å². The molecule has 0 atom stereocenters. The van der Waals surface area contributed by atoms with E-state index < -0.39 is 32.5 Å². The van der Waals surface area contributed by atoms with Crippen LogP contribution in [0.15, 0.2) is 33.3 Å². The third-order valence-corrected chi connectivity index (χ3v) is 7.82. The summed E-state index contributed by atoms with van der Waals surface area (Å²) in [6.07, 6.45) is -4.48. The van der Waals surface area contributed by atoms with Gasteiger partial charge >= 0.3 is 11.0 Å². The fraction of sp³-hybridized carbons (Fsp3) is 0.375. The Kier molecular flexibility index (Phi) is 5.38. The molecule has 2 aromatic rings. The van der Waals surface area contributed by atoms with E-state index in [-0.39, 0.29) is 41.6 Å². The Morgan fingerprint density at radius 1 is 1.11 bits per heavy atom. The molecular weight excluding hydrogens is 419 g/mol. The maximum atomic E-state index is 12.7. The molecule has 1 N–H and O–H groups in total. The molecule has 0 unspecified atom stereocenters. The minimum atomic E-state index is -4.48. The lowest BCUT2D eigenvalue weighted by molar-refractivity contribution is -0.137. The lowest BCUT2D eigenvalue weighted by Crippen LogP contribution is -2.50. The Hall–Kier alpha value is -2.18. The maximum Gasteiger partial charge on any atom is 0.416 e. The minimum Gasteiger partial charge on any atom is -0.336 e. The van der Waals surface area contributed by atoms with Crippen LogP contribution in [0.3, 0.4) is 0 Å². The Balaban J connectivity index is 1.69. The summed E-state index contributed by atoms with van der Waals surface area (Å²) >= 11 is 0.609. The zero-order chi connectivity index (χ0) is 20.7. The summed E-state index contributed by atoms with van der Waals surface area (Å²) in [6.45, 7) is 1.74. The average Bonchev–Trinajstić information content (AvgIpc) is 2.99. The van der Waals surface area contributed by atoms with Crippen LogP contribution in [0.5, 0.6) is 0 Å². The number of hydrogen-bond acceptors (Lipinski definition) is 5. The average molecular weight is 435 g/mol. The zero-order valence-electron chi connectivity index (χ0n) is 14.6. The van der Waals surface area contributed by atoms with E-state index >= 15 is 0 Å². The van der Waals surface area contributed by atoms with Gasteiger partial charge in [0.1, 0.15) is 0 Å². The van der Waals surface area contributed by atoms with Crippen LogP contribution in [0, 0.1) is 6.92 Å². The van der Waals surface area contributed by atoms with Crippen molar-refractivity contribution < 1.29 is 26.4 Å². The predicted molar refractivity (Wildman–Crippen MR) is 95.8 cm³/mol. The van der Waals surface area contributed by atoms with E-state index in [1.165, 1.54) is 16.1 Å². The Labute approximate surface area is 162 Å². The second-order valence-corrected chi connectivity index (χ2v) is 9.31. The molecule has 1 aromatic heterocycles. The number of thiazole rings is 1. The van der Waals surface area contributed by atoms with E-state index in [1.807, 2.05) is 0 Å². The molecule has 152 valence electrons. The molecule has 3 rings (SSSR count). The highest BCUT2D eigenvalue weighted by molar-refractivity contribution is 7.91. The Morgan fingerprint density at radius 3 is 2.14 bits per heavy atom. The first-order valence-electron chi connectivity index (χ1n) is 8.16. The monoisotopic (exact) mass is 435 g/mol. The molecule has 1 amide bonds. The Morgan fingerprint density at radius 2 is 1.68 bits per heavy atom. The smallest absolute Gasteiger partial charge is 0.336 e. The Bertz CT molecular complexity index is 1030. The van der Waals surface area contributed by atoms with Crippen molar-refractivity contribution in [1.29, 1.82) is 0 Å². The number of hydrogen-bond donors (Lipinski definition) is 1. The van der Waals surface area contributed by atoms with Crippen LogP contribution in [0.2, 0.25) is 0 Å². The van der Waals surface area contributed by atoms with E-state index in [9.17, 15) is 31.2 Å². The van der Waals surface area contributed by atoms with Gasteiger partial charge in [-0.15, -0.1) is 0 Å². The number of nitrogens with zero attached hydrogens (tertiary/aromatic N) is 2. The molecule has 0 spiro atoms.